The normalized spacial score (nSPS) is 15.8. The molecule has 0 aromatic heterocycles. The zero-order valence-electron chi connectivity index (χ0n) is 18.4. The molecule has 0 aliphatic carbocycles. The van der Waals surface area contributed by atoms with Crippen molar-refractivity contribution >= 4 is 35.0 Å². The van der Waals surface area contributed by atoms with E-state index in [4.69, 9.17) is 4.74 Å². The lowest BCUT2D eigenvalue weighted by molar-refractivity contribution is -0.115. The van der Waals surface area contributed by atoms with Gasteiger partial charge in [-0.2, -0.15) is 0 Å². The van der Waals surface area contributed by atoms with Gasteiger partial charge in [0.15, 0.2) is 0 Å². The Balaban J connectivity index is 1.68. The van der Waals surface area contributed by atoms with Crippen LogP contribution in [-0.2, 0) is 4.79 Å². The van der Waals surface area contributed by atoms with Gasteiger partial charge in [-0.25, -0.2) is 0 Å². The molecule has 164 valence electrons. The predicted molar refractivity (Wildman–Crippen MR) is 131 cm³/mol. The number of ether oxygens (including phenoxy) is 1. The van der Waals surface area contributed by atoms with Gasteiger partial charge in [-0.05, 0) is 41.8 Å². The molecule has 0 spiro atoms. The van der Waals surface area contributed by atoms with Gasteiger partial charge in [0, 0.05) is 22.5 Å². The molecule has 6 heteroatoms. The highest BCUT2D eigenvalue weighted by atomic mass is 32.2. The van der Waals surface area contributed by atoms with Crippen molar-refractivity contribution in [1.82, 2.24) is 0 Å². The zero-order valence-corrected chi connectivity index (χ0v) is 19.2. The van der Waals surface area contributed by atoms with Crippen molar-refractivity contribution in [3.63, 3.8) is 0 Å². The monoisotopic (exact) mass is 446 g/mol. The fourth-order valence-electron chi connectivity index (χ4n) is 3.89. The molecule has 32 heavy (non-hydrogen) atoms. The third kappa shape index (κ3) is 4.36. The molecule has 3 aromatic carbocycles. The van der Waals surface area contributed by atoms with Gasteiger partial charge < -0.3 is 10.1 Å². The number of hydrogen-bond donors (Lipinski definition) is 1. The van der Waals surface area contributed by atoms with Gasteiger partial charge in [0.2, 0.25) is 5.91 Å². The first kappa shape index (κ1) is 22.0. The molecule has 0 radical (unpaired) electrons. The minimum Gasteiger partial charge on any atom is -0.497 e. The molecule has 3 aromatic rings. The summed E-state index contributed by atoms with van der Waals surface area (Å²) in [4.78, 5) is 27.8. The fraction of sp³-hybridized carbons (Fsp3) is 0.231. The van der Waals surface area contributed by atoms with Gasteiger partial charge in [0.25, 0.3) is 5.91 Å². The summed E-state index contributed by atoms with van der Waals surface area (Å²) in [7, 11) is 1.57. The highest BCUT2D eigenvalue weighted by Gasteiger charge is 2.36. The molecule has 1 atom stereocenters. The summed E-state index contributed by atoms with van der Waals surface area (Å²) in [6.07, 6.45) is 0. The molecule has 0 bridgehead atoms. The van der Waals surface area contributed by atoms with Gasteiger partial charge in [0.05, 0.1) is 12.9 Å². The van der Waals surface area contributed by atoms with E-state index in [-0.39, 0.29) is 23.1 Å². The van der Waals surface area contributed by atoms with Gasteiger partial charge in [-0.1, -0.05) is 56.3 Å². The van der Waals surface area contributed by atoms with Crippen LogP contribution in [0.2, 0.25) is 0 Å². The summed E-state index contributed by atoms with van der Waals surface area (Å²) in [5, 5.41) is 2.82. The number of amides is 2. The van der Waals surface area contributed by atoms with Crippen LogP contribution in [0.25, 0.3) is 0 Å². The van der Waals surface area contributed by atoms with Crippen LogP contribution in [0.4, 0.5) is 11.4 Å². The molecule has 1 aliphatic heterocycles. The molecule has 0 unspecified atom stereocenters. The number of para-hydroxylation sites is 2. The zero-order chi connectivity index (χ0) is 22.7. The third-order valence-corrected chi connectivity index (χ3v) is 6.69. The Hall–Kier alpha value is -3.25. The molecular formula is C26H26N2O3S. The number of carbonyl (C=O) groups excluding carboxylic acids is 2. The molecule has 0 saturated carbocycles. The van der Waals surface area contributed by atoms with Crippen molar-refractivity contribution in [1.29, 1.82) is 0 Å². The summed E-state index contributed by atoms with van der Waals surface area (Å²) in [5.41, 5.74) is 4.16. The summed E-state index contributed by atoms with van der Waals surface area (Å²) in [6.45, 7) is 4.26. The highest BCUT2D eigenvalue weighted by Crippen LogP contribution is 2.46. The molecule has 2 amide bonds. The number of thioether (sulfide) groups is 1. The van der Waals surface area contributed by atoms with Crippen LogP contribution in [0.3, 0.4) is 0 Å². The van der Waals surface area contributed by atoms with Gasteiger partial charge in [-0.3, -0.25) is 14.5 Å². The largest absolute Gasteiger partial charge is 0.497 e. The Morgan fingerprint density at radius 2 is 1.81 bits per heavy atom. The van der Waals surface area contributed by atoms with Crippen molar-refractivity contribution in [3.05, 3.63) is 89.5 Å². The molecule has 1 saturated heterocycles. The average molecular weight is 447 g/mol. The summed E-state index contributed by atoms with van der Waals surface area (Å²) in [6, 6.07) is 22.8. The molecule has 5 nitrogen and oxygen atoms in total. The molecule has 4 rings (SSSR count). The quantitative estimate of drug-likeness (QED) is 0.516. The van der Waals surface area contributed by atoms with Crippen molar-refractivity contribution in [2.75, 3.05) is 23.1 Å². The standard InChI is InChI=1S/C26H26N2O3S/c1-17(2)20-11-5-7-14-23(20)28-24(29)16-32-26(28)21-12-4-6-13-22(21)27-25(30)18-9-8-10-19(15-18)31-3/h4-15,17,26H,16H2,1-3H3,(H,27,30)/t26-/m0/s1. The third-order valence-electron chi connectivity index (χ3n) is 5.49. The van der Waals surface area contributed by atoms with E-state index in [2.05, 4.69) is 25.2 Å². The Morgan fingerprint density at radius 3 is 2.59 bits per heavy atom. The van der Waals surface area contributed by atoms with Crippen LogP contribution in [0.5, 0.6) is 5.75 Å². The summed E-state index contributed by atoms with van der Waals surface area (Å²) < 4.78 is 5.24. The molecule has 1 N–H and O–H groups in total. The average Bonchev–Trinajstić information content (AvgIpc) is 3.20. The van der Waals surface area contributed by atoms with E-state index in [9.17, 15) is 9.59 Å². The van der Waals surface area contributed by atoms with Gasteiger partial charge in [0.1, 0.15) is 11.1 Å². The first-order valence-electron chi connectivity index (χ1n) is 10.6. The lowest BCUT2D eigenvalue weighted by Gasteiger charge is -2.29. The second-order valence-corrected chi connectivity index (χ2v) is 8.98. The van der Waals surface area contributed by atoms with E-state index >= 15 is 0 Å². The number of carbonyl (C=O) groups is 2. The topological polar surface area (TPSA) is 58.6 Å². The van der Waals surface area contributed by atoms with Gasteiger partial charge in [-0.15, -0.1) is 11.8 Å². The summed E-state index contributed by atoms with van der Waals surface area (Å²) in [5.74, 6) is 1.16. The number of methoxy groups -OCH3 is 1. The van der Waals surface area contributed by atoms with Crippen LogP contribution in [0.1, 0.15) is 46.6 Å². The van der Waals surface area contributed by atoms with E-state index in [1.54, 1.807) is 43.1 Å². The Labute approximate surface area is 192 Å². The second kappa shape index (κ2) is 9.49. The second-order valence-electron chi connectivity index (χ2n) is 7.91. The molecule has 1 aliphatic rings. The number of benzene rings is 3. The number of anilines is 2. The lowest BCUT2D eigenvalue weighted by Crippen LogP contribution is -2.29. The maximum atomic E-state index is 13.0. The SMILES string of the molecule is COc1cccc(C(=O)Nc2ccccc2[C@@H]2SCC(=O)N2c2ccccc2C(C)C)c1. The van der Waals surface area contributed by atoms with Crippen molar-refractivity contribution < 1.29 is 14.3 Å². The van der Waals surface area contributed by atoms with E-state index < -0.39 is 0 Å². The number of nitrogens with zero attached hydrogens (tertiary/aromatic N) is 1. The van der Waals surface area contributed by atoms with Crippen molar-refractivity contribution in [2.24, 2.45) is 0 Å². The summed E-state index contributed by atoms with van der Waals surface area (Å²) >= 11 is 1.58. The minimum atomic E-state index is -0.222. The number of nitrogens with one attached hydrogen (secondary N) is 1. The van der Waals surface area contributed by atoms with Crippen LogP contribution >= 0.6 is 11.8 Å². The van der Waals surface area contributed by atoms with E-state index in [0.717, 1.165) is 16.8 Å². The predicted octanol–water partition coefficient (Wildman–Crippen LogP) is 5.85. The molecule has 1 fully saturated rings. The Bertz CT molecular complexity index is 1150. The van der Waals surface area contributed by atoms with Crippen molar-refractivity contribution in [2.45, 2.75) is 25.1 Å². The first-order valence-corrected chi connectivity index (χ1v) is 11.6. The van der Waals surface area contributed by atoms with E-state index in [1.807, 2.05) is 47.4 Å². The lowest BCUT2D eigenvalue weighted by atomic mass is 10.00. The van der Waals surface area contributed by atoms with Gasteiger partial charge >= 0.3 is 0 Å². The maximum absolute atomic E-state index is 13.0. The number of hydrogen-bond acceptors (Lipinski definition) is 4. The maximum Gasteiger partial charge on any atom is 0.255 e. The molecule has 1 heterocycles. The Morgan fingerprint density at radius 1 is 1.06 bits per heavy atom. The smallest absolute Gasteiger partial charge is 0.255 e. The van der Waals surface area contributed by atoms with E-state index in [0.29, 0.717) is 22.8 Å². The first-order chi connectivity index (χ1) is 15.5. The number of rotatable bonds is 6. The van der Waals surface area contributed by atoms with Crippen LogP contribution in [-0.4, -0.2) is 24.7 Å². The van der Waals surface area contributed by atoms with Crippen LogP contribution < -0.4 is 15.0 Å². The van der Waals surface area contributed by atoms with Crippen LogP contribution in [0, 0.1) is 0 Å². The van der Waals surface area contributed by atoms with Crippen LogP contribution in [0.15, 0.2) is 72.8 Å². The highest BCUT2D eigenvalue weighted by molar-refractivity contribution is 8.00. The fourth-order valence-corrected chi connectivity index (χ4v) is 5.10. The Kier molecular flexibility index (Phi) is 6.51. The van der Waals surface area contributed by atoms with E-state index in [1.165, 1.54) is 0 Å². The minimum absolute atomic E-state index is 0.0713. The van der Waals surface area contributed by atoms with Crippen molar-refractivity contribution in [3.8, 4) is 5.75 Å². The molecular weight excluding hydrogens is 420 g/mol.